The van der Waals surface area contributed by atoms with Gasteiger partial charge in [-0.05, 0) is 69.4 Å². The number of pyridine rings is 1. The van der Waals surface area contributed by atoms with Crippen molar-refractivity contribution in [1.82, 2.24) is 35.0 Å². The second-order valence-corrected chi connectivity index (χ2v) is 11.3. The number of nitrogens with one attached hydrogen (secondary N) is 2. The first-order valence-corrected chi connectivity index (χ1v) is 14.0. The summed E-state index contributed by atoms with van der Waals surface area (Å²) in [6.45, 7) is 0.461. The molecule has 3 aliphatic rings. The molecule has 4 heterocycles. The van der Waals surface area contributed by atoms with Crippen molar-refractivity contribution in [3.05, 3.63) is 35.5 Å². The van der Waals surface area contributed by atoms with Crippen molar-refractivity contribution in [2.45, 2.75) is 57.0 Å². The molecule has 0 saturated heterocycles. The number of carbonyl (C=O) groups excluding carboxylic acids is 1. The zero-order chi connectivity index (χ0) is 28.0. The number of carboxylic acids is 1. The van der Waals surface area contributed by atoms with Crippen molar-refractivity contribution < 1.29 is 19.1 Å². The summed E-state index contributed by atoms with van der Waals surface area (Å²) in [7, 11) is 0. The number of halogens is 2. The lowest BCUT2D eigenvalue weighted by molar-refractivity contribution is -0.145. The lowest BCUT2D eigenvalue weighted by Gasteiger charge is -2.48. The SMILES string of the molecule is NCCCC[C@H](NC(=O)[C@H]1C2CCC(CC2)[C@@H]1n1cc(F)c2cnc(-c3[nH]nc4ncc(Cl)cc34)nc21)C(=O)O. The van der Waals surface area contributed by atoms with Crippen LogP contribution in [0.5, 0.6) is 0 Å². The maximum atomic E-state index is 15.3. The van der Waals surface area contributed by atoms with Crippen LogP contribution >= 0.6 is 11.6 Å². The zero-order valence-corrected chi connectivity index (χ0v) is 22.4. The van der Waals surface area contributed by atoms with Crippen LogP contribution in [-0.4, -0.2) is 59.3 Å². The van der Waals surface area contributed by atoms with Crippen molar-refractivity contribution in [2.75, 3.05) is 6.54 Å². The molecule has 0 unspecified atom stereocenters. The lowest BCUT2D eigenvalue weighted by atomic mass is 9.61. The molecule has 210 valence electrons. The molecule has 4 aromatic heterocycles. The second-order valence-electron chi connectivity index (χ2n) is 10.8. The van der Waals surface area contributed by atoms with Crippen LogP contribution in [0.15, 0.2) is 24.7 Å². The lowest BCUT2D eigenvalue weighted by Crippen LogP contribution is -2.52. The van der Waals surface area contributed by atoms with Crippen molar-refractivity contribution in [3.8, 4) is 11.5 Å². The average Bonchev–Trinajstić information content (AvgIpc) is 3.52. The Bertz CT molecular complexity index is 1580. The molecule has 1 amide bonds. The van der Waals surface area contributed by atoms with Gasteiger partial charge in [-0.25, -0.2) is 24.1 Å². The number of unbranched alkanes of at least 4 members (excludes halogenated alkanes) is 1. The van der Waals surface area contributed by atoms with E-state index < -0.39 is 23.7 Å². The standard InChI is InChI=1S/C27H30ClFN8O3/c28-15-9-16-21(35-36-23(16)31-10-15)24-32-11-17-18(29)12-37(25(17)34-24)22-14-6-4-13(5-7-14)20(22)26(38)33-19(27(39)40)3-1-2-8-30/h9-14,19-20,22H,1-8,30H2,(H,33,38)(H,39,40)(H,31,35,36)/t13?,14?,19-,20-,22-/m0/s1. The van der Waals surface area contributed by atoms with Gasteiger partial charge >= 0.3 is 5.97 Å². The fraction of sp³-hybridized carbons (Fsp3) is 0.481. The minimum absolute atomic E-state index is 0.0695. The fourth-order valence-corrected chi connectivity index (χ4v) is 6.75. The van der Waals surface area contributed by atoms with E-state index in [2.05, 4.69) is 25.5 Å². The summed E-state index contributed by atoms with van der Waals surface area (Å²) < 4.78 is 17.0. The largest absolute Gasteiger partial charge is 0.480 e. The number of aromatic nitrogens is 6. The van der Waals surface area contributed by atoms with Crippen LogP contribution in [0.1, 0.15) is 51.0 Å². The fourth-order valence-electron chi connectivity index (χ4n) is 6.59. The summed E-state index contributed by atoms with van der Waals surface area (Å²) in [6, 6.07) is 0.347. The molecule has 3 fully saturated rings. The highest BCUT2D eigenvalue weighted by molar-refractivity contribution is 6.31. The summed E-state index contributed by atoms with van der Waals surface area (Å²) >= 11 is 6.15. The van der Waals surface area contributed by atoms with Gasteiger partial charge in [-0.15, -0.1) is 0 Å². The van der Waals surface area contributed by atoms with Crippen molar-refractivity contribution >= 4 is 45.5 Å². The number of rotatable bonds is 9. The van der Waals surface area contributed by atoms with Gasteiger partial charge in [0.1, 0.15) is 17.4 Å². The van der Waals surface area contributed by atoms with E-state index in [0.29, 0.717) is 59.0 Å². The molecule has 0 aliphatic heterocycles. The molecule has 4 aromatic rings. The molecular weight excluding hydrogens is 539 g/mol. The van der Waals surface area contributed by atoms with Gasteiger partial charge in [-0.2, -0.15) is 5.10 Å². The molecule has 7 rings (SSSR count). The van der Waals surface area contributed by atoms with Crippen LogP contribution in [0.4, 0.5) is 4.39 Å². The quantitative estimate of drug-likeness (QED) is 0.221. The second kappa shape index (κ2) is 10.7. The Morgan fingerprint density at radius 1 is 1.18 bits per heavy atom. The first-order valence-electron chi connectivity index (χ1n) is 13.6. The van der Waals surface area contributed by atoms with Crippen LogP contribution in [0.2, 0.25) is 5.02 Å². The molecule has 3 saturated carbocycles. The summed E-state index contributed by atoms with van der Waals surface area (Å²) in [5, 5.41) is 21.0. The number of hydrogen-bond acceptors (Lipinski definition) is 7. The Morgan fingerprint density at radius 3 is 2.70 bits per heavy atom. The molecule has 3 aliphatic carbocycles. The predicted molar refractivity (Wildman–Crippen MR) is 146 cm³/mol. The number of aliphatic carboxylic acids is 1. The normalized spacial score (nSPS) is 23.1. The minimum atomic E-state index is -1.07. The third-order valence-corrected chi connectivity index (χ3v) is 8.69. The van der Waals surface area contributed by atoms with Gasteiger partial charge in [0.15, 0.2) is 17.3 Å². The third-order valence-electron chi connectivity index (χ3n) is 8.48. The first kappa shape index (κ1) is 26.6. The Kier molecular flexibility index (Phi) is 7.13. The zero-order valence-electron chi connectivity index (χ0n) is 21.7. The van der Waals surface area contributed by atoms with E-state index in [9.17, 15) is 14.7 Å². The van der Waals surface area contributed by atoms with Crippen molar-refractivity contribution in [1.29, 1.82) is 0 Å². The van der Waals surface area contributed by atoms with Gasteiger partial charge in [0.2, 0.25) is 5.91 Å². The summed E-state index contributed by atoms with van der Waals surface area (Å²) in [4.78, 5) is 39.0. The number of aromatic amines is 1. The molecule has 0 spiro atoms. The summed E-state index contributed by atoms with van der Waals surface area (Å²) in [5.74, 6) is -1.87. The summed E-state index contributed by atoms with van der Waals surface area (Å²) in [6.07, 6.45) is 9.48. The Balaban J connectivity index is 1.38. The maximum Gasteiger partial charge on any atom is 0.326 e. The topological polar surface area (TPSA) is 165 Å². The van der Waals surface area contributed by atoms with E-state index in [0.717, 1.165) is 25.7 Å². The van der Waals surface area contributed by atoms with E-state index in [1.807, 2.05) is 0 Å². The number of carbonyl (C=O) groups is 2. The van der Waals surface area contributed by atoms with E-state index in [1.165, 1.54) is 18.6 Å². The van der Waals surface area contributed by atoms with Gasteiger partial charge in [0.05, 0.1) is 21.7 Å². The monoisotopic (exact) mass is 568 g/mol. The number of nitrogens with zero attached hydrogens (tertiary/aromatic N) is 5. The number of carboxylic acid groups (broad SMARTS) is 1. The van der Waals surface area contributed by atoms with E-state index in [-0.39, 0.29) is 29.2 Å². The Morgan fingerprint density at radius 2 is 1.95 bits per heavy atom. The van der Waals surface area contributed by atoms with Crippen LogP contribution < -0.4 is 11.1 Å². The van der Waals surface area contributed by atoms with Crippen LogP contribution in [0.25, 0.3) is 33.6 Å². The molecule has 0 radical (unpaired) electrons. The Hall–Kier alpha value is -3.64. The van der Waals surface area contributed by atoms with Crippen molar-refractivity contribution in [3.63, 3.8) is 0 Å². The highest BCUT2D eigenvalue weighted by Gasteiger charge is 2.49. The maximum absolute atomic E-state index is 15.3. The number of nitrogens with two attached hydrogens (primary N) is 1. The molecule has 40 heavy (non-hydrogen) atoms. The van der Waals surface area contributed by atoms with E-state index in [4.69, 9.17) is 22.3 Å². The van der Waals surface area contributed by atoms with Crippen LogP contribution in [0, 0.1) is 23.6 Å². The molecule has 2 bridgehead atoms. The van der Waals surface area contributed by atoms with Crippen LogP contribution in [0.3, 0.4) is 0 Å². The van der Waals surface area contributed by atoms with Crippen LogP contribution in [-0.2, 0) is 9.59 Å². The Labute approximate surface area is 233 Å². The van der Waals surface area contributed by atoms with Gasteiger partial charge in [-0.1, -0.05) is 11.6 Å². The molecule has 13 heteroatoms. The smallest absolute Gasteiger partial charge is 0.326 e. The minimum Gasteiger partial charge on any atom is -0.480 e. The third kappa shape index (κ3) is 4.68. The van der Waals surface area contributed by atoms with Gasteiger partial charge in [0, 0.05) is 24.6 Å². The van der Waals surface area contributed by atoms with Gasteiger partial charge < -0.3 is 20.7 Å². The molecule has 5 N–H and O–H groups in total. The number of fused-ring (bicyclic) bond motifs is 5. The van der Waals surface area contributed by atoms with E-state index >= 15 is 4.39 Å². The van der Waals surface area contributed by atoms with Gasteiger partial charge in [-0.3, -0.25) is 9.89 Å². The van der Waals surface area contributed by atoms with Crippen molar-refractivity contribution in [2.24, 2.45) is 23.5 Å². The van der Waals surface area contributed by atoms with E-state index in [1.54, 1.807) is 10.6 Å². The van der Waals surface area contributed by atoms with Gasteiger partial charge in [0.25, 0.3) is 0 Å². The summed E-state index contributed by atoms with van der Waals surface area (Å²) in [5.41, 5.74) is 6.88. The number of amides is 1. The predicted octanol–water partition coefficient (Wildman–Crippen LogP) is 3.84. The highest BCUT2D eigenvalue weighted by Crippen LogP contribution is 2.52. The number of H-pyrrole nitrogens is 1. The number of hydrogen-bond donors (Lipinski definition) is 4. The molecule has 3 atom stereocenters. The molecular formula is C27H30ClFN8O3. The highest BCUT2D eigenvalue weighted by atomic mass is 35.5. The average molecular weight is 569 g/mol. The molecule has 11 nitrogen and oxygen atoms in total. The molecule has 0 aromatic carbocycles. The first-order chi connectivity index (χ1) is 19.4.